The van der Waals surface area contributed by atoms with Crippen molar-refractivity contribution in [1.29, 1.82) is 0 Å². The van der Waals surface area contributed by atoms with E-state index in [2.05, 4.69) is 18.7 Å². The molecule has 0 radical (unpaired) electrons. The topological polar surface area (TPSA) is 59.0 Å². The average molecular weight is 309 g/mol. The van der Waals surface area contributed by atoms with Crippen molar-refractivity contribution in [3.8, 4) is 11.5 Å². The summed E-state index contributed by atoms with van der Waals surface area (Å²) in [5.41, 5.74) is 0.173. The number of phenolic OH excluding ortho intramolecular Hbond substituents is 1. The summed E-state index contributed by atoms with van der Waals surface area (Å²) in [7, 11) is 0. The minimum atomic E-state index is -0.501. The van der Waals surface area contributed by atoms with Crippen LogP contribution in [0.2, 0.25) is 0 Å². The van der Waals surface area contributed by atoms with Gasteiger partial charge >= 0.3 is 5.97 Å². The lowest BCUT2D eigenvalue weighted by Gasteiger charge is -2.17. The molecular formula is C17H27NO4. The number of aromatic hydroxyl groups is 1. The van der Waals surface area contributed by atoms with Crippen LogP contribution in [0.5, 0.6) is 11.5 Å². The molecule has 0 saturated carbocycles. The molecule has 0 unspecified atom stereocenters. The van der Waals surface area contributed by atoms with Gasteiger partial charge in [0, 0.05) is 12.6 Å². The van der Waals surface area contributed by atoms with E-state index in [4.69, 9.17) is 9.47 Å². The Balaban J connectivity index is 2.45. The maximum atomic E-state index is 11.9. The highest BCUT2D eigenvalue weighted by atomic mass is 16.5. The van der Waals surface area contributed by atoms with Gasteiger partial charge in [-0.1, -0.05) is 20.8 Å². The number of nitrogens with zero attached hydrogens (tertiary/aromatic N) is 1. The number of esters is 1. The SMILES string of the molecule is CCCOc1ccc(C(=O)OCCCN(CC)CC)c(O)c1. The van der Waals surface area contributed by atoms with Gasteiger partial charge in [-0.25, -0.2) is 4.79 Å². The maximum absolute atomic E-state index is 11.9. The van der Waals surface area contributed by atoms with Crippen LogP contribution in [0, 0.1) is 0 Å². The van der Waals surface area contributed by atoms with E-state index in [1.54, 1.807) is 6.07 Å². The monoisotopic (exact) mass is 309 g/mol. The first-order valence-electron chi connectivity index (χ1n) is 7.97. The summed E-state index contributed by atoms with van der Waals surface area (Å²) in [5.74, 6) is -0.0566. The molecule has 1 rings (SSSR count). The second-order valence-electron chi connectivity index (χ2n) is 5.04. The van der Waals surface area contributed by atoms with Crippen LogP contribution in [-0.2, 0) is 4.74 Å². The van der Waals surface area contributed by atoms with Crippen molar-refractivity contribution < 1.29 is 19.4 Å². The molecule has 0 atom stereocenters. The summed E-state index contributed by atoms with van der Waals surface area (Å²) >= 11 is 0. The van der Waals surface area contributed by atoms with Crippen LogP contribution in [0.3, 0.4) is 0 Å². The quantitative estimate of drug-likeness (QED) is 0.532. The second-order valence-corrected chi connectivity index (χ2v) is 5.04. The Kier molecular flexibility index (Phi) is 8.36. The molecule has 0 aromatic heterocycles. The van der Waals surface area contributed by atoms with Crippen molar-refractivity contribution in [3.05, 3.63) is 23.8 Å². The molecule has 0 aliphatic rings. The predicted molar refractivity (Wildman–Crippen MR) is 86.6 cm³/mol. The summed E-state index contributed by atoms with van der Waals surface area (Å²) in [6, 6.07) is 4.65. The van der Waals surface area contributed by atoms with Crippen LogP contribution in [0.1, 0.15) is 44.0 Å². The Hall–Kier alpha value is -1.75. The number of carbonyl (C=O) groups excluding carboxylic acids is 1. The Morgan fingerprint density at radius 1 is 1.18 bits per heavy atom. The first kappa shape index (κ1) is 18.3. The van der Waals surface area contributed by atoms with Gasteiger partial charge in [0.2, 0.25) is 0 Å². The molecular weight excluding hydrogens is 282 g/mol. The Labute approximate surface area is 132 Å². The second kappa shape index (κ2) is 10.1. The first-order valence-corrected chi connectivity index (χ1v) is 7.97. The largest absolute Gasteiger partial charge is 0.507 e. The van der Waals surface area contributed by atoms with E-state index in [-0.39, 0.29) is 11.3 Å². The number of rotatable bonds is 10. The normalized spacial score (nSPS) is 10.7. The lowest BCUT2D eigenvalue weighted by Crippen LogP contribution is -2.25. The van der Waals surface area contributed by atoms with Gasteiger partial charge in [-0.05, 0) is 38.1 Å². The molecule has 124 valence electrons. The first-order chi connectivity index (χ1) is 10.6. The molecule has 0 spiro atoms. The van der Waals surface area contributed by atoms with E-state index < -0.39 is 5.97 Å². The van der Waals surface area contributed by atoms with Crippen molar-refractivity contribution in [3.63, 3.8) is 0 Å². The molecule has 0 bridgehead atoms. The van der Waals surface area contributed by atoms with E-state index in [0.717, 1.165) is 32.5 Å². The van der Waals surface area contributed by atoms with Crippen LogP contribution in [-0.4, -0.2) is 48.8 Å². The molecule has 0 heterocycles. The van der Waals surface area contributed by atoms with Gasteiger partial charge in [0.15, 0.2) is 0 Å². The molecule has 0 aliphatic carbocycles. The highest BCUT2D eigenvalue weighted by molar-refractivity contribution is 5.92. The molecule has 5 heteroatoms. The minimum Gasteiger partial charge on any atom is -0.507 e. The fourth-order valence-corrected chi connectivity index (χ4v) is 2.06. The third-order valence-corrected chi connectivity index (χ3v) is 3.41. The lowest BCUT2D eigenvalue weighted by atomic mass is 10.2. The molecule has 0 saturated heterocycles. The highest BCUT2D eigenvalue weighted by Crippen LogP contribution is 2.24. The number of benzene rings is 1. The summed E-state index contributed by atoms with van der Waals surface area (Å²) < 4.78 is 10.6. The molecule has 0 amide bonds. The van der Waals surface area contributed by atoms with Crippen LogP contribution in [0.15, 0.2) is 18.2 Å². The molecule has 1 N–H and O–H groups in total. The van der Waals surface area contributed by atoms with Gasteiger partial charge in [-0.2, -0.15) is 0 Å². The van der Waals surface area contributed by atoms with Gasteiger partial charge in [0.25, 0.3) is 0 Å². The van der Waals surface area contributed by atoms with Crippen molar-refractivity contribution in [2.45, 2.75) is 33.6 Å². The third kappa shape index (κ3) is 5.93. The number of ether oxygens (including phenoxy) is 2. The zero-order chi connectivity index (χ0) is 16.4. The summed E-state index contributed by atoms with van der Waals surface area (Å²) in [6.07, 6.45) is 1.67. The van der Waals surface area contributed by atoms with E-state index >= 15 is 0 Å². The van der Waals surface area contributed by atoms with Crippen molar-refractivity contribution >= 4 is 5.97 Å². The van der Waals surface area contributed by atoms with Crippen LogP contribution < -0.4 is 4.74 Å². The smallest absolute Gasteiger partial charge is 0.341 e. The number of carbonyl (C=O) groups is 1. The summed E-state index contributed by atoms with van der Waals surface area (Å²) in [4.78, 5) is 14.2. The standard InChI is InChI=1S/C17H27NO4/c1-4-11-21-14-8-9-15(16(19)13-14)17(20)22-12-7-10-18(5-2)6-3/h8-9,13,19H,4-7,10-12H2,1-3H3. The lowest BCUT2D eigenvalue weighted by molar-refractivity contribution is 0.0486. The zero-order valence-electron chi connectivity index (χ0n) is 13.8. The van der Waals surface area contributed by atoms with Crippen LogP contribution >= 0.6 is 0 Å². The fourth-order valence-electron chi connectivity index (χ4n) is 2.06. The van der Waals surface area contributed by atoms with Crippen LogP contribution in [0.4, 0.5) is 0 Å². The fraction of sp³-hybridized carbons (Fsp3) is 0.588. The number of hydrogen-bond donors (Lipinski definition) is 1. The van der Waals surface area contributed by atoms with E-state index in [9.17, 15) is 9.90 Å². The van der Waals surface area contributed by atoms with Crippen molar-refractivity contribution in [2.75, 3.05) is 32.8 Å². The highest BCUT2D eigenvalue weighted by Gasteiger charge is 2.13. The van der Waals surface area contributed by atoms with E-state index in [1.165, 1.54) is 12.1 Å². The van der Waals surface area contributed by atoms with E-state index in [0.29, 0.717) is 19.0 Å². The number of hydrogen-bond acceptors (Lipinski definition) is 5. The molecule has 1 aromatic carbocycles. The van der Waals surface area contributed by atoms with Gasteiger partial charge in [-0.15, -0.1) is 0 Å². The molecule has 22 heavy (non-hydrogen) atoms. The van der Waals surface area contributed by atoms with Crippen molar-refractivity contribution in [1.82, 2.24) is 4.90 Å². The predicted octanol–water partition coefficient (Wildman–Crippen LogP) is 3.07. The minimum absolute atomic E-state index is 0.109. The van der Waals surface area contributed by atoms with Gasteiger partial charge in [0.1, 0.15) is 17.1 Å². The third-order valence-electron chi connectivity index (χ3n) is 3.41. The Morgan fingerprint density at radius 3 is 2.50 bits per heavy atom. The Morgan fingerprint density at radius 2 is 1.91 bits per heavy atom. The van der Waals surface area contributed by atoms with Crippen molar-refractivity contribution in [2.24, 2.45) is 0 Å². The zero-order valence-corrected chi connectivity index (χ0v) is 13.8. The molecule has 5 nitrogen and oxygen atoms in total. The molecule has 0 fully saturated rings. The molecule has 0 aliphatic heterocycles. The maximum Gasteiger partial charge on any atom is 0.341 e. The average Bonchev–Trinajstić information content (AvgIpc) is 2.53. The van der Waals surface area contributed by atoms with Crippen LogP contribution in [0.25, 0.3) is 0 Å². The summed E-state index contributed by atoms with van der Waals surface area (Å²) in [6.45, 7) is 10.0. The summed E-state index contributed by atoms with van der Waals surface area (Å²) in [5, 5.41) is 9.89. The van der Waals surface area contributed by atoms with Gasteiger partial charge in [0.05, 0.1) is 13.2 Å². The van der Waals surface area contributed by atoms with Gasteiger partial charge < -0.3 is 19.5 Å². The molecule has 1 aromatic rings. The van der Waals surface area contributed by atoms with E-state index in [1.807, 2.05) is 6.92 Å². The Bertz CT molecular complexity index is 458. The van der Waals surface area contributed by atoms with Gasteiger partial charge in [-0.3, -0.25) is 0 Å². The number of phenols is 1.